The third-order valence-corrected chi connectivity index (χ3v) is 15.4. The molecule has 6 heteroatoms. The Morgan fingerprint density at radius 1 is 0.310 bits per heavy atom. The normalized spacial score (nSPS) is 11.9. The van der Waals surface area contributed by atoms with Crippen LogP contribution in [0.4, 0.5) is 0 Å². The Morgan fingerprint density at radius 2 is 0.930 bits per heavy atom. The number of aromatic nitrogens is 5. The van der Waals surface area contributed by atoms with E-state index in [9.17, 15) is 0 Å². The highest BCUT2D eigenvalue weighted by atomic mass is 32.1. The Kier molecular flexibility index (Phi) is 8.76. The second kappa shape index (κ2) is 15.7. The molecule has 4 heterocycles. The number of thiophene rings is 1. The molecule has 0 unspecified atom stereocenters. The second-order valence-corrected chi connectivity index (χ2v) is 19.4. The highest BCUT2D eigenvalue weighted by molar-refractivity contribution is 7.26. The fourth-order valence-corrected chi connectivity index (χ4v) is 12.2. The van der Waals surface area contributed by atoms with Gasteiger partial charge in [-0.1, -0.05) is 164 Å². The van der Waals surface area contributed by atoms with Crippen molar-refractivity contribution in [3.63, 3.8) is 0 Å². The maximum Gasteiger partial charge on any atom is 0.166 e. The average molecular weight is 922 g/mol. The largest absolute Gasteiger partial charge is 0.309 e. The number of benzene rings is 11. The van der Waals surface area contributed by atoms with Gasteiger partial charge in [0.2, 0.25) is 0 Å². The average Bonchev–Trinajstić information content (AvgIpc) is 4.10. The summed E-state index contributed by atoms with van der Waals surface area (Å²) in [7, 11) is 0. The maximum absolute atomic E-state index is 5.67. The molecule has 0 spiro atoms. The zero-order chi connectivity index (χ0) is 46.6. The van der Waals surface area contributed by atoms with Crippen LogP contribution in [0.25, 0.3) is 142 Å². The molecule has 330 valence electrons. The van der Waals surface area contributed by atoms with E-state index in [-0.39, 0.29) is 0 Å². The number of para-hydroxylation sites is 2. The highest BCUT2D eigenvalue weighted by Gasteiger charge is 2.25. The lowest BCUT2D eigenvalue weighted by Gasteiger charge is -2.17. The molecule has 0 saturated carbocycles. The molecular weight excluding hydrogens is 883 g/mol. The summed E-state index contributed by atoms with van der Waals surface area (Å²) in [5, 5.41) is 11.8. The van der Waals surface area contributed by atoms with Crippen molar-refractivity contribution in [2.45, 2.75) is 0 Å². The van der Waals surface area contributed by atoms with Crippen molar-refractivity contribution in [1.29, 1.82) is 0 Å². The van der Waals surface area contributed by atoms with Gasteiger partial charge >= 0.3 is 0 Å². The molecular formula is C65H39N5S. The van der Waals surface area contributed by atoms with Gasteiger partial charge < -0.3 is 9.13 Å². The fraction of sp³-hybridized carbons (Fsp3) is 0. The van der Waals surface area contributed by atoms with Gasteiger partial charge in [0.05, 0.1) is 33.3 Å². The zero-order valence-corrected chi connectivity index (χ0v) is 39.0. The molecule has 0 atom stereocenters. The van der Waals surface area contributed by atoms with Crippen LogP contribution in [0.5, 0.6) is 0 Å². The summed E-state index contributed by atoms with van der Waals surface area (Å²) in [6, 6.07) is 85.1. The first-order valence-corrected chi connectivity index (χ1v) is 24.8. The van der Waals surface area contributed by atoms with Crippen LogP contribution in [-0.2, 0) is 0 Å². The monoisotopic (exact) mass is 921 g/mol. The number of hydrogen-bond acceptors (Lipinski definition) is 4. The topological polar surface area (TPSA) is 48.5 Å². The Bertz CT molecular complexity index is 4640. The number of fused-ring (bicyclic) bond motifs is 12. The van der Waals surface area contributed by atoms with E-state index in [4.69, 9.17) is 15.0 Å². The minimum absolute atomic E-state index is 0.606. The molecule has 0 radical (unpaired) electrons. The van der Waals surface area contributed by atoms with Crippen molar-refractivity contribution in [3.05, 3.63) is 237 Å². The molecule has 15 rings (SSSR count). The summed E-state index contributed by atoms with van der Waals surface area (Å²) in [5.41, 5.74) is 11.7. The first kappa shape index (κ1) is 39.7. The Labute approximate surface area is 411 Å². The van der Waals surface area contributed by atoms with Crippen molar-refractivity contribution in [2.24, 2.45) is 0 Å². The lowest BCUT2D eigenvalue weighted by atomic mass is 10.0. The summed E-state index contributed by atoms with van der Waals surface area (Å²) in [5.74, 6) is 1.83. The first-order chi connectivity index (χ1) is 35.2. The predicted octanol–water partition coefficient (Wildman–Crippen LogP) is 17.4. The quantitative estimate of drug-likeness (QED) is 0.167. The van der Waals surface area contributed by atoms with Gasteiger partial charge in [-0.05, 0) is 100 Å². The van der Waals surface area contributed by atoms with Crippen LogP contribution in [0, 0.1) is 0 Å². The summed E-state index contributed by atoms with van der Waals surface area (Å²) < 4.78 is 7.22. The molecule has 0 aliphatic carbocycles. The summed E-state index contributed by atoms with van der Waals surface area (Å²) in [6.45, 7) is 0. The van der Waals surface area contributed by atoms with Crippen molar-refractivity contribution >= 4 is 96.7 Å². The SMILES string of the molecule is c1ccc(-c2cccc(-c3nc(-c4ccc5c(c4)c4ccccc4n5-c4ccccc4)nc(-c4c(-n5c6cc7ccccc7cc6c6ccc7ccccc7c65)ccc5sc6ccccc6c45)n3)c2)cc1. The first-order valence-electron chi connectivity index (χ1n) is 24.0. The summed E-state index contributed by atoms with van der Waals surface area (Å²) in [4.78, 5) is 16.8. The van der Waals surface area contributed by atoms with E-state index in [1.54, 1.807) is 0 Å². The van der Waals surface area contributed by atoms with Gasteiger partial charge in [-0.25, -0.2) is 15.0 Å². The molecule has 0 N–H and O–H groups in total. The molecule has 0 aliphatic rings. The molecule has 5 nitrogen and oxygen atoms in total. The van der Waals surface area contributed by atoms with Crippen LogP contribution in [0.2, 0.25) is 0 Å². The lowest BCUT2D eigenvalue weighted by Crippen LogP contribution is -2.04. The van der Waals surface area contributed by atoms with Crippen LogP contribution in [-0.4, -0.2) is 24.1 Å². The van der Waals surface area contributed by atoms with E-state index >= 15 is 0 Å². The number of nitrogens with zero attached hydrogens (tertiary/aromatic N) is 5. The summed E-state index contributed by atoms with van der Waals surface area (Å²) >= 11 is 1.81. The van der Waals surface area contributed by atoms with Crippen molar-refractivity contribution < 1.29 is 0 Å². The molecule has 11 aromatic carbocycles. The molecule has 71 heavy (non-hydrogen) atoms. The van der Waals surface area contributed by atoms with Gasteiger partial charge in [0, 0.05) is 63.9 Å². The summed E-state index contributed by atoms with van der Waals surface area (Å²) in [6.07, 6.45) is 0. The Morgan fingerprint density at radius 3 is 1.76 bits per heavy atom. The Hall–Kier alpha value is -9.23. The molecule has 0 saturated heterocycles. The second-order valence-electron chi connectivity index (χ2n) is 18.3. The van der Waals surface area contributed by atoms with E-state index in [2.05, 4.69) is 246 Å². The van der Waals surface area contributed by atoms with Gasteiger partial charge in [0.25, 0.3) is 0 Å². The van der Waals surface area contributed by atoms with E-state index in [0.717, 1.165) is 72.0 Å². The van der Waals surface area contributed by atoms with Gasteiger partial charge in [0.1, 0.15) is 0 Å². The molecule has 0 fully saturated rings. The van der Waals surface area contributed by atoms with Gasteiger partial charge in [-0.3, -0.25) is 0 Å². The van der Waals surface area contributed by atoms with Crippen molar-refractivity contribution in [2.75, 3.05) is 0 Å². The van der Waals surface area contributed by atoms with Crippen LogP contribution >= 0.6 is 11.3 Å². The minimum atomic E-state index is 0.606. The smallest absolute Gasteiger partial charge is 0.166 e. The van der Waals surface area contributed by atoms with Crippen molar-refractivity contribution in [1.82, 2.24) is 24.1 Å². The highest BCUT2D eigenvalue weighted by Crippen LogP contribution is 2.47. The number of rotatable bonds is 6. The minimum Gasteiger partial charge on any atom is -0.309 e. The maximum atomic E-state index is 5.67. The number of hydrogen-bond donors (Lipinski definition) is 0. The Balaban J connectivity index is 1.07. The molecule has 15 aromatic rings. The lowest BCUT2D eigenvalue weighted by molar-refractivity contribution is 1.07. The molecule has 4 aromatic heterocycles. The van der Waals surface area contributed by atoms with Crippen LogP contribution in [0.15, 0.2) is 237 Å². The van der Waals surface area contributed by atoms with Crippen LogP contribution in [0.3, 0.4) is 0 Å². The fourth-order valence-electron chi connectivity index (χ4n) is 11.1. The zero-order valence-electron chi connectivity index (χ0n) is 38.2. The van der Waals surface area contributed by atoms with Gasteiger partial charge in [-0.2, -0.15) is 0 Å². The standard InChI is InChI=1S/C65H39N5S/c1-3-16-40(17-4-1)42-21-15-22-45(36-42)63-66-64(46-31-33-55-52(38-46)49-26-11-13-28-54(49)69(55)47-23-5-2-6-24-47)68-65(67-63)61-56(34-35-59-60(61)51-27-12-14-29-58(51)71-59)70-57-39-44-20-8-7-19-43(44)37-53(57)50-32-30-41-18-9-10-25-48(41)62(50)70/h1-39H. The van der Waals surface area contributed by atoms with E-state index < -0.39 is 0 Å². The van der Waals surface area contributed by atoms with E-state index in [1.165, 1.54) is 52.5 Å². The van der Waals surface area contributed by atoms with Crippen LogP contribution in [0.1, 0.15) is 0 Å². The third-order valence-electron chi connectivity index (χ3n) is 14.3. The third kappa shape index (κ3) is 6.22. The van der Waals surface area contributed by atoms with E-state index in [0.29, 0.717) is 17.5 Å². The molecule has 0 aliphatic heterocycles. The van der Waals surface area contributed by atoms with Crippen LogP contribution < -0.4 is 0 Å². The van der Waals surface area contributed by atoms with E-state index in [1.807, 2.05) is 11.3 Å². The van der Waals surface area contributed by atoms with Gasteiger partial charge in [0.15, 0.2) is 17.5 Å². The molecule has 0 bridgehead atoms. The predicted molar refractivity (Wildman–Crippen MR) is 298 cm³/mol. The molecule has 0 amide bonds. The van der Waals surface area contributed by atoms with Crippen molar-refractivity contribution in [3.8, 4) is 56.7 Å². The van der Waals surface area contributed by atoms with Gasteiger partial charge in [-0.15, -0.1) is 11.3 Å².